The number of ether oxygens (including phenoxy) is 1. The fourth-order valence-electron chi connectivity index (χ4n) is 4.29. The highest BCUT2D eigenvalue weighted by Gasteiger charge is 2.49. The van der Waals surface area contributed by atoms with Crippen LogP contribution in [0.4, 0.5) is 13.6 Å². The highest BCUT2D eigenvalue weighted by atomic mass is 19.3. The highest BCUT2D eigenvalue weighted by Crippen LogP contribution is 2.31. The van der Waals surface area contributed by atoms with Gasteiger partial charge in [-0.1, -0.05) is 36.4 Å². The summed E-state index contributed by atoms with van der Waals surface area (Å²) >= 11 is 0. The van der Waals surface area contributed by atoms with Crippen LogP contribution in [0.25, 0.3) is 0 Å². The van der Waals surface area contributed by atoms with Crippen LogP contribution < -0.4 is 15.4 Å². The fourth-order valence-corrected chi connectivity index (χ4v) is 4.29. The molecule has 1 aliphatic carbocycles. The van der Waals surface area contributed by atoms with E-state index in [1.165, 1.54) is 36.8 Å². The lowest BCUT2D eigenvalue weighted by molar-refractivity contribution is -0.135. The summed E-state index contributed by atoms with van der Waals surface area (Å²) in [4.78, 5) is 39.1. The summed E-state index contributed by atoms with van der Waals surface area (Å²) in [5.41, 5.74) is 1.21. The maximum absolute atomic E-state index is 13.0. The van der Waals surface area contributed by atoms with Crippen molar-refractivity contribution in [1.29, 1.82) is 0 Å². The zero-order valence-electron chi connectivity index (χ0n) is 17.4. The number of alkyl halides is 2. The van der Waals surface area contributed by atoms with Crippen molar-refractivity contribution in [2.24, 2.45) is 0 Å². The number of carbonyl (C=O) groups excluding carboxylic acids is 3. The van der Waals surface area contributed by atoms with E-state index in [1.807, 2.05) is 24.3 Å². The van der Waals surface area contributed by atoms with E-state index >= 15 is 0 Å². The molecule has 32 heavy (non-hydrogen) atoms. The number of nitrogens with one attached hydrogen (secondary N) is 2. The van der Waals surface area contributed by atoms with Gasteiger partial charge in [-0.25, -0.2) is 4.79 Å². The molecule has 2 aliphatic rings. The molecule has 2 unspecified atom stereocenters. The standard InChI is InChI=1S/C23H23F2N3O4/c1-23(15-9-11-16(12-10-15)32-21(24)25)20(30)28(22(31)27-23)13-19(29)26-18-8-4-6-14-5-2-3-7-17(14)18/h2-3,5,7,9-12,18,21H,4,6,8,13H2,1H3,(H,26,29)(H,27,31). The Hall–Kier alpha value is -3.49. The number of fused-ring (bicyclic) bond motifs is 1. The molecule has 0 spiro atoms. The molecule has 168 valence electrons. The van der Waals surface area contributed by atoms with E-state index in [4.69, 9.17) is 0 Å². The Balaban J connectivity index is 1.44. The van der Waals surface area contributed by atoms with Crippen molar-refractivity contribution in [3.05, 3.63) is 65.2 Å². The minimum absolute atomic E-state index is 0.0619. The molecule has 2 atom stereocenters. The van der Waals surface area contributed by atoms with Crippen molar-refractivity contribution < 1.29 is 27.9 Å². The maximum Gasteiger partial charge on any atom is 0.387 e. The molecule has 1 fully saturated rings. The minimum Gasteiger partial charge on any atom is -0.435 e. The molecule has 0 bridgehead atoms. The Bertz CT molecular complexity index is 1040. The number of imide groups is 1. The lowest BCUT2D eigenvalue weighted by Gasteiger charge is -2.27. The van der Waals surface area contributed by atoms with Gasteiger partial charge in [0.15, 0.2) is 0 Å². The number of carbonyl (C=O) groups is 3. The van der Waals surface area contributed by atoms with Gasteiger partial charge in [0.2, 0.25) is 5.91 Å². The zero-order valence-corrected chi connectivity index (χ0v) is 17.4. The molecule has 4 rings (SSSR count). The molecule has 1 saturated heterocycles. The van der Waals surface area contributed by atoms with Gasteiger partial charge in [0.25, 0.3) is 5.91 Å². The van der Waals surface area contributed by atoms with E-state index in [2.05, 4.69) is 15.4 Å². The van der Waals surface area contributed by atoms with Crippen LogP contribution in [0.3, 0.4) is 0 Å². The van der Waals surface area contributed by atoms with E-state index < -0.39 is 36.5 Å². The third-order valence-electron chi connectivity index (χ3n) is 5.94. The summed E-state index contributed by atoms with van der Waals surface area (Å²) in [6.45, 7) is -1.87. The van der Waals surface area contributed by atoms with Gasteiger partial charge < -0.3 is 15.4 Å². The molecular weight excluding hydrogens is 420 g/mol. The first-order valence-corrected chi connectivity index (χ1v) is 10.3. The Kier molecular flexibility index (Phi) is 5.82. The SMILES string of the molecule is CC1(c2ccc(OC(F)F)cc2)NC(=O)N(CC(=O)NC2CCCc3ccccc32)C1=O. The van der Waals surface area contributed by atoms with E-state index in [9.17, 15) is 23.2 Å². The van der Waals surface area contributed by atoms with Crippen LogP contribution in [-0.4, -0.2) is 35.9 Å². The Labute approximate surface area is 183 Å². The average molecular weight is 443 g/mol. The Morgan fingerprint density at radius 1 is 1.22 bits per heavy atom. The van der Waals surface area contributed by atoms with Gasteiger partial charge in [0.1, 0.15) is 17.8 Å². The van der Waals surface area contributed by atoms with Crippen molar-refractivity contribution in [1.82, 2.24) is 15.5 Å². The number of nitrogens with zero attached hydrogens (tertiary/aromatic N) is 1. The van der Waals surface area contributed by atoms with Crippen molar-refractivity contribution in [2.45, 2.75) is 44.4 Å². The molecule has 1 aliphatic heterocycles. The number of benzene rings is 2. The molecule has 2 aromatic carbocycles. The quantitative estimate of drug-likeness (QED) is 0.671. The third-order valence-corrected chi connectivity index (χ3v) is 5.94. The van der Waals surface area contributed by atoms with Gasteiger partial charge in [0.05, 0.1) is 6.04 Å². The average Bonchev–Trinajstić information content (AvgIpc) is 2.98. The number of rotatable bonds is 6. The topological polar surface area (TPSA) is 87.7 Å². The molecule has 2 aromatic rings. The number of amides is 4. The van der Waals surface area contributed by atoms with Crippen molar-refractivity contribution in [3.8, 4) is 5.75 Å². The van der Waals surface area contributed by atoms with E-state index in [0.717, 1.165) is 29.7 Å². The van der Waals surface area contributed by atoms with Gasteiger partial charge in [-0.05, 0) is 55.0 Å². The van der Waals surface area contributed by atoms with Crippen LogP contribution >= 0.6 is 0 Å². The summed E-state index contributed by atoms with van der Waals surface area (Å²) in [5, 5.41) is 5.54. The largest absolute Gasteiger partial charge is 0.435 e. The lowest BCUT2D eigenvalue weighted by atomic mass is 9.88. The summed E-state index contributed by atoms with van der Waals surface area (Å²) in [7, 11) is 0. The van der Waals surface area contributed by atoms with Crippen LogP contribution in [0.15, 0.2) is 48.5 Å². The second-order valence-corrected chi connectivity index (χ2v) is 8.06. The van der Waals surface area contributed by atoms with Crippen LogP contribution in [0.2, 0.25) is 0 Å². The van der Waals surface area contributed by atoms with Crippen LogP contribution in [0.5, 0.6) is 5.75 Å². The molecule has 9 heteroatoms. The van der Waals surface area contributed by atoms with E-state index in [1.54, 1.807) is 0 Å². The Morgan fingerprint density at radius 3 is 2.66 bits per heavy atom. The number of urea groups is 1. The third kappa shape index (κ3) is 4.15. The molecule has 2 N–H and O–H groups in total. The monoisotopic (exact) mass is 443 g/mol. The molecule has 7 nitrogen and oxygen atoms in total. The number of halogens is 2. The molecule has 0 radical (unpaired) electrons. The Morgan fingerprint density at radius 2 is 1.94 bits per heavy atom. The maximum atomic E-state index is 13.0. The van der Waals surface area contributed by atoms with Crippen LogP contribution in [-0.2, 0) is 21.5 Å². The first-order chi connectivity index (χ1) is 15.3. The minimum atomic E-state index is -2.96. The molecule has 4 amide bonds. The lowest BCUT2D eigenvalue weighted by Crippen LogP contribution is -2.44. The first-order valence-electron chi connectivity index (χ1n) is 10.3. The molecule has 1 heterocycles. The van der Waals surface area contributed by atoms with Gasteiger partial charge in [-0.15, -0.1) is 0 Å². The van der Waals surface area contributed by atoms with Crippen molar-refractivity contribution >= 4 is 17.8 Å². The van der Waals surface area contributed by atoms with Gasteiger partial charge in [0, 0.05) is 0 Å². The number of hydrogen-bond donors (Lipinski definition) is 2. The van der Waals surface area contributed by atoms with Crippen molar-refractivity contribution in [3.63, 3.8) is 0 Å². The summed E-state index contributed by atoms with van der Waals surface area (Å²) in [5.74, 6) is -1.09. The number of hydrogen-bond acceptors (Lipinski definition) is 4. The van der Waals surface area contributed by atoms with Gasteiger partial charge in [-0.3, -0.25) is 14.5 Å². The fraction of sp³-hybridized carbons (Fsp3) is 0.348. The zero-order chi connectivity index (χ0) is 22.9. The molecule has 0 aromatic heterocycles. The van der Waals surface area contributed by atoms with Crippen molar-refractivity contribution in [2.75, 3.05) is 6.54 Å². The predicted octanol–water partition coefficient (Wildman–Crippen LogP) is 3.25. The smallest absolute Gasteiger partial charge is 0.387 e. The van der Waals surface area contributed by atoms with E-state index in [-0.39, 0.29) is 11.8 Å². The normalized spacial score (nSPS) is 22.5. The molecule has 0 saturated carbocycles. The summed E-state index contributed by atoms with van der Waals surface area (Å²) in [6.07, 6.45) is 2.68. The van der Waals surface area contributed by atoms with Gasteiger partial charge >= 0.3 is 12.6 Å². The second kappa shape index (κ2) is 8.57. The summed E-state index contributed by atoms with van der Waals surface area (Å²) < 4.78 is 29.0. The highest BCUT2D eigenvalue weighted by molar-refractivity contribution is 6.09. The predicted molar refractivity (Wildman–Crippen MR) is 111 cm³/mol. The van der Waals surface area contributed by atoms with Gasteiger partial charge in [-0.2, -0.15) is 8.78 Å². The summed E-state index contributed by atoms with van der Waals surface area (Å²) in [6, 6.07) is 12.5. The van der Waals surface area contributed by atoms with Crippen LogP contribution in [0, 0.1) is 0 Å². The molecular formula is C23H23F2N3O4. The second-order valence-electron chi connectivity index (χ2n) is 8.06. The first kappa shape index (κ1) is 21.7. The number of aryl methyl sites for hydroxylation is 1. The van der Waals surface area contributed by atoms with Crippen LogP contribution in [0.1, 0.15) is 42.5 Å². The van der Waals surface area contributed by atoms with E-state index in [0.29, 0.717) is 5.56 Å².